The van der Waals surface area contributed by atoms with Gasteiger partial charge in [0, 0.05) is 17.1 Å². The van der Waals surface area contributed by atoms with Gasteiger partial charge in [0.25, 0.3) is 5.91 Å². The van der Waals surface area contributed by atoms with E-state index in [0.717, 1.165) is 28.6 Å². The van der Waals surface area contributed by atoms with Crippen molar-refractivity contribution < 1.29 is 4.79 Å². The number of aromatic amines is 1. The van der Waals surface area contributed by atoms with Gasteiger partial charge in [-0.2, -0.15) is 5.10 Å². The molecule has 0 saturated heterocycles. The summed E-state index contributed by atoms with van der Waals surface area (Å²) in [6.45, 7) is 0. The zero-order valence-corrected chi connectivity index (χ0v) is 15.5. The van der Waals surface area contributed by atoms with E-state index < -0.39 is 0 Å². The van der Waals surface area contributed by atoms with E-state index in [1.54, 1.807) is 0 Å². The highest BCUT2D eigenvalue weighted by molar-refractivity contribution is 9.10. The summed E-state index contributed by atoms with van der Waals surface area (Å²) in [4.78, 5) is 14.7. The summed E-state index contributed by atoms with van der Waals surface area (Å²) >= 11 is 3.43. The van der Waals surface area contributed by atoms with Gasteiger partial charge in [-0.1, -0.05) is 52.3 Å². The van der Waals surface area contributed by atoms with Crippen molar-refractivity contribution in [2.24, 2.45) is 0 Å². The highest BCUT2D eigenvalue weighted by Gasteiger charge is 2.29. The van der Waals surface area contributed by atoms with Gasteiger partial charge in [-0.3, -0.25) is 9.89 Å². The zero-order chi connectivity index (χ0) is 17.4. The fraction of sp³-hybridized carbons (Fsp3) is 0.200. The molecular weight excluding hydrogens is 378 g/mol. The van der Waals surface area contributed by atoms with E-state index in [4.69, 9.17) is 0 Å². The topological polar surface area (TPSA) is 49.0 Å². The van der Waals surface area contributed by atoms with Crippen molar-refractivity contribution in [2.45, 2.75) is 18.9 Å². The molecule has 0 bridgehead atoms. The quantitative estimate of drug-likeness (QED) is 0.704. The Morgan fingerprint density at radius 2 is 1.96 bits per heavy atom. The number of halogens is 1. The summed E-state index contributed by atoms with van der Waals surface area (Å²) in [7, 11) is 1.87. The lowest BCUT2D eigenvalue weighted by atomic mass is 10.1. The number of nitrogens with zero attached hydrogens (tertiary/aromatic N) is 2. The van der Waals surface area contributed by atoms with Crippen LogP contribution in [0.15, 0.2) is 59.1 Å². The van der Waals surface area contributed by atoms with E-state index in [1.807, 2.05) is 48.3 Å². The third-order valence-corrected chi connectivity index (χ3v) is 5.37. The minimum atomic E-state index is -0.0300. The Morgan fingerprint density at radius 3 is 2.76 bits per heavy atom. The predicted octanol–water partition coefficient (Wildman–Crippen LogP) is 4.60. The molecule has 0 radical (unpaired) electrons. The maximum Gasteiger partial charge on any atom is 0.272 e. The first-order chi connectivity index (χ1) is 12.1. The lowest BCUT2D eigenvalue weighted by Gasteiger charge is -2.24. The first-order valence-electron chi connectivity index (χ1n) is 8.30. The van der Waals surface area contributed by atoms with Crippen LogP contribution in [0.5, 0.6) is 0 Å². The molecule has 126 valence electrons. The first kappa shape index (κ1) is 16.1. The minimum Gasteiger partial charge on any atom is -0.333 e. The van der Waals surface area contributed by atoms with Crippen LogP contribution in [-0.2, 0) is 6.42 Å². The van der Waals surface area contributed by atoms with Gasteiger partial charge < -0.3 is 4.90 Å². The second-order valence-corrected chi connectivity index (χ2v) is 7.26. The molecule has 25 heavy (non-hydrogen) atoms. The van der Waals surface area contributed by atoms with Crippen molar-refractivity contribution in [3.8, 4) is 11.3 Å². The Kier molecular flexibility index (Phi) is 4.17. The van der Waals surface area contributed by atoms with Gasteiger partial charge in [0.05, 0.1) is 11.7 Å². The van der Waals surface area contributed by atoms with Crippen LogP contribution < -0.4 is 0 Å². The molecule has 1 heterocycles. The number of nitrogens with one attached hydrogen (secondary N) is 1. The monoisotopic (exact) mass is 395 g/mol. The second-order valence-electron chi connectivity index (χ2n) is 6.34. The van der Waals surface area contributed by atoms with Crippen molar-refractivity contribution >= 4 is 21.8 Å². The van der Waals surface area contributed by atoms with Crippen LogP contribution in [0.25, 0.3) is 11.3 Å². The van der Waals surface area contributed by atoms with Crippen molar-refractivity contribution in [3.05, 3.63) is 75.9 Å². The maximum atomic E-state index is 12.9. The molecule has 4 nitrogen and oxygen atoms in total. The van der Waals surface area contributed by atoms with Gasteiger partial charge in [-0.25, -0.2) is 0 Å². The Hall–Kier alpha value is -2.40. The van der Waals surface area contributed by atoms with Crippen LogP contribution in [0, 0.1) is 0 Å². The molecule has 1 aliphatic rings. The molecular formula is C20H18BrN3O. The number of carbonyl (C=O) groups is 1. The van der Waals surface area contributed by atoms with Gasteiger partial charge in [-0.05, 0) is 42.2 Å². The van der Waals surface area contributed by atoms with Crippen molar-refractivity contribution in [3.63, 3.8) is 0 Å². The van der Waals surface area contributed by atoms with E-state index in [2.05, 4.69) is 44.3 Å². The predicted molar refractivity (Wildman–Crippen MR) is 101 cm³/mol. The van der Waals surface area contributed by atoms with Gasteiger partial charge >= 0.3 is 0 Å². The summed E-state index contributed by atoms with van der Waals surface area (Å²) in [5, 5.41) is 7.20. The number of H-pyrrole nitrogens is 1. The summed E-state index contributed by atoms with van der Waals surface area (Å²) in [6, 6.07) is 18.2. The summed E-state index contributed by atoms with van der Waals surface area (Å²) < 4.78 is 1.02. The van der Waals surface area contributed by atoms with Crippen LogP contribution in [0.3, 0.4) is 0 Å². The van der Waals surface area contributed by atoms with Crippen molar-refractivity contribution in [1.29, 1.82) is 0 Å². The number of rotatable bonds is 3. The Labute approximate surface area is 155 Å². The molecule has 1 aromatic heterocycles. The first-order valence-corrected chi connectivity index (χ1v) is 9.09. The van der Waals surface area contributed by atoms with Gasteiger partial charge in [-0.15, -0.1) is 0 Å². The molecule has 1 unspecified atom stereocenters. The highest BCUT2D eigenvalue weighted by Crippen LogP contribution is 2.35. The molecule has 0 spiro atoms. The normalized spacial score (nSPS) is 15.8. The largest absolute Gasteiger partial charge is 0.333 e. The Balaban J connectivity index is 1.56. The van der Waals surface area contributed by atoms with Crippen molar-refractivity contribution in [1.82, 2.24) is 15.1 Å². The van der Waals surface area contributed by atoms with E-state index in [1.165, 1.54) is 11.1 Å². The second kappa shape index (κ2) is 6.48. The molecule has 1 atom stereocenters. The average Bonchev–Trinajstić information content (AvgIpc) is 3.28. The molecule has 1 amide bonds. The highest BCUT2D eigenvalue weighted by atomic mass is 79.9. The van der Waals surface area contributed by atoms with Gasteiger partial charge in [0.1, 0.15) is 5.69 Å². The third kappa shape index (κ3) is 3.00. The fourth-order valence-electron chi connectivity index (χ4n) is 3.47. The molecule has 5 heteroatoms. The number of amides is 1. The molecule has 0 fully saturated rings. The van der Waals surface area contributed by atoms with Crippen LogP contribution in [-0.4, -0.2) is 28.1 Å². The minimum absolute atomic E-state index is 0.0300. The molecule has 0 aliphatic heterocycles. The van der Waals surface area contributed by atoms with Crippen LogP contribution in [0.4, 0.5) is 0 Å². The summed E-state index contributed by atoms with van der Waals surface area (Å²) in [6.07, 6.45) is 1.99. The summed E-state index contributed by atoms with van der Waals surface area (Å²) in [5.41, 5.74) is 4.87. The van der Waals surface area contributed by atoms with Crippen LogP contribution in [0.2, 0.25) is 0 Å². The molecule has 2 aromatic carbocycles. The number of hydrogen-bond acceptors (Lipinski definition) is 2. The molecule has 1 N–H and O–H groups in total. The number of carbonyl (C=O) groups excluding carboxylic acids is 1. The Bertz CT molecular complexity index is 917. The lowest BCUT2D eigenvalue weighted by molar-refractivity contribution is 0.0724. The molecule has 3 aromatic rings. The lowest BCUT2D eigenvalue weighted by Crippen LogP contribution is -2.30. The van der Waals surface area contributed by atoms with Crippen LogP contribution >= 0.6 is 15.9 Å². The summed E-state index contributed by atoms with van der Waals surface area (Å²) in [5.74, 6) is -0.0300. The maximum absolute atomic E-state index is 12.9. The SMILES string of the molecule is CN(C(=O)c1cc(-c2ccc(Br)cc2)n[nH]1)C1CCc2ccccc21. The van der Waals surface area contributed by atoms with Gasteiger partial charge in [0.2, 0.25) is 0 Å². The molecule has 4 rings (SSSR count). The fourth-order valence-corrected chi connectivity index (χ4v) is 3.73. The van der Waals surface area contributed by atoms with E-state index in [0.29, 0.717) is 5.69 Å². The average molecular weight is 396 g/mol. The van der Waals surface area contributed by atoms with Gasteiger partial charge in [0.15, 0.2) is 0 Å². The number of benzene rings is 2. The number of aryl methyl sites for hydroxylation is 1. The number of fused-ring (bicyclic) bond motifs is 1. The van der Waals surface area contributed by atoms with E-state index in [-0.39, 0.29) is 11.9 Å². The standard InChI is InChI=1S/C20H18BrN3O/c1-24(19-11-8-13-4-2-3-5-16(13)19)20(25)18-12-17(22-23-18)14-6-9-15(21)10-7-14/h2-7,9-10,12,19H,8,11H2,1H3,(H,22,23). The van der Waals surface area contributed by atoms with Crippen LogP contribution in [0.1, 0.15) is 34.1 Å². The van der Waals surface area contributed by atoms with E-state index >= 15 is 0 Å². The van der Waals surface area contributed by atoms with Crippen molar-refractivity contribution in [2.75, 3.05) is 7.05 Å². The van der Waals surface area contributed by atoms with E-state index in [9.17, 15) is 4.79 Å². The molecule has 1 aliphatic carbocycles. The number of hydrogen-bond donors (Lipinski definition) is 1. The number of aromatic nitrogens is 2. The molecule has 0 saturated carbocycles. The third-order valence-electron chi connectivity index (χ3n) is 4.84. The Morgan fingerprint density at radius 1 is 1.20 bits per heavy atom. The smallest absolute Gasteiger partial charge is 0.272 e. The zero-order valence-electron chi connectivity index (χ0n) is 13.9.